The van der Waals surface area contributed by atoms with Gasteiger partial charge in [-0.1, -0.05) is 42.5 Å². The van der Waals surface area contributed by atoms with Crippen molar-refractivity contribution in [1.82, 2.24) is 9.97 Å². The van der Waals surface area contributed by atoms with E-state index in [4.69, 9.17) is 5.73 Å². The molecule has 0 spiro atoms. The predicted molar refractivity (Wildman–Crippen MR) is 77.7 cm³/mol. The van der Waals surface area contributed by atoms with Gasteiger partial charge < -0.3 is 10.7 Å². The average Bonchev–Trinajstić information content (AvgIpc) is 2.89. The second-order valence-electron chi connectivity index (χ2n) is 4.53. The average molecular weight is 249 g/mol. The molecule has 3 nitrogen and oxygen atoms in total. The molecular formula is C16H15N3. The van der Waals surface area contributed by atoms with E-state index in [0.29, 0.717) is 0 Å². The molecule has 94 valence electrons. The van der Waals surface area contributed by atoms with Gasteiger partial charge in [-0.15, -0.1) is 0 Å². The Morgan fingerprint density at radius 2 is 1.68 bits per heavy atom. The minimum absolute atomic E-state index is 0.771. The molecule has 0 atom stereocenters. The van der Waals surface area contributed by atoms with Crippen LogP contribution in [0.3, 0.4) is 0 Å². The minimum Gasteiger partial charge on any atom is -0.399 e. The molecule has 0 fully saturated rings. The van der Waals surface area contributed by atoms with E-state index in [0.717, 1.165) is 29.2 Å². The fraction of sp³-hybridized carbons (Fsp3) is 0.0625. The van der Waals surface area contributed by atoms with Gasteiger partial charge >= 0.3 is 0 Å². The Morgan fingerprint density at radius 3 is 2.42 bits per heavy atom. The molecule has 0 aliphatic heterocycles. The quantitative estimate of drug-likeness (QED) is 0.700. The van der Waals surface area contributed by atoms with E-state index < -0.39 is 0 Å². The van der Waals surface area contributed by atoms with Crippen molar-refractivity contribution in [2.24, 2.45) is 0 Å². The molecule has 0 amide bonds. The van der Waals surface area contributed by atoms with Crippen molar-refractivity contribution in [2.75, 3.05) is 5.73 Å². The number of hydrogen-bond donors (Lipinski definition) is 2. The Morgan fingerprint density at radius 1 is 0.947 bits per heavy atom. The molecule has 3 heteroatoms. The number of rotatable bonds is 3. The number of nitrogens with zero attached hydrogens (tertiary/aromatic N) is 1. The first-order valence-electron chi connectivity index (χ1n) is 6.25. The lowest BCUT2D eigenvalue weighted by Gasteiger charge is -1.99. The summed E-state index contributed by atoms with van der Waals surface area (Å²) in [7, 11) is 0. The van der Waals surface area contributed by atoms with E-state index in [2.05, 4.69) is 22.1 Å². The Labute approximate surface area is 112 Å². The van der Waals surface area contributed by atoms with Crippen molar-refractivity contribution in [1.29, 1.82) is 0 Å². The summed E-state index contributed by atoms with van der Waals surface area (Å²) in [5, 5.41) is 0. The highest BCUT2D eigenvalue weighted by atomic mass is 14.9. The number of nitrogens with one attached hydrogen (secondary N) is 1. The number of anilines is 1. The van der Waals surface area contributed by atoms with Crippen LogP contribution in [-0.2, 0) is 6.42 Å². The third kappa shape index (κ3) is 2.65. The minimum atomic E-state index is 0.771. The smallest absolute Gasteiger partial charge is 0.110 e. The molecule has 19 heavy (non-hydrogen) atoms. The lowest BCUT2D eigenvalue weighted by molar-refractivity contribution is 1.03. The molecule has 1 aromatic heterocycles. The van der Waals surface area contributed by atoms with Gasteiger partial charge in [-0.05, 0) is 23.3 Å². The molecule has 0 bridgehead atoms. The second-order valence-corrected chi connectivity index (χ2v) is 4.53. The number of nitrogens with two attached hydrogens (primary N) is 1. The van der Waals surface area contributed by atoms with Crippen molar-refractivity contribution in [2.45, 2.75) is 6.42 Å². The van der Waals surface area contributed by atoms with Gasteiger partial charge in [-0.2, -0.15) is 0 Å². The molecule has 0 saturated heterocycles. The molecule has 3 N–H and O–H groups in total. The summed E-state index contributed by atoms with van der Waals surface area (Å²) in [5.74, 6) is 0.970. The summed E-state index contributed by atoms with van der Waals surface area (Å²) in [6.45, 7) is 0. The summed E-state index contributed by atoms with van der Waals surface area (Å²) in [4.78, 5) is 7.77. The molecule has 0 radical (unpaired) electrons. The first kappa shape index (κ1) is 11.5. The van der Waals surface area contributed by atoms with Crippen LogP contribution in [0.5, 0.6) is 0 Å². The molecule has 1 heterocycles. The molecule has 0 aliphatic rings. The summed E-state index contributed by atoms with van der Waals surface area (Å²) < 4.78 is 0. The zero-order chi connectivity index (χ0) is 13.1. The lowest BCUT2D eigenvalue weighted by atomic mass is 10.1. The zero-order valence-corrected chi connectivity index (χ0v) is 10.5. The van der Waals surface area contributed by atoms with Gasteiger partial charge in [0.2, 0.25) is 0 Å². The maximum absolute atomic E-state index is 5.69. The first-order valence-corrected chi connectivity index (χ1v) is 6.25. The van der Waals surface area contributed by atoms with E-state index >= 15 is 0 Å². The molecule has 0 aliphatic carbocycles. The monoisotopic (exact) mass is 249 g/mol. The topological polar surface area (TPSA) is 54.7 Å². The molecule has 0 unspecified atom stereocenters. The van der Waals surface area contributed by atoms with E-state index in [1.807, 2.05) is 48.7 Å². The third-order valence-electron chi connectivity index (χ3n) is 3.06. The maximum atomic E-state index is 5.69. The first-order chi connectivity index (χ1) is 9.31. The van der Waals surface area contributed by atoms with Crippen molar-refractivity contribution in [3.8, 4) is 11.3 Å². The number of aromatic nitrogens is 2. The number of H-pyrrole nitrogens is 1. The van der Waals surface area contributed by atoms with Crippen LogP contribution in [0.2, 0.25) is 0 Å². The Balaban J connectivity index is 1.82. The van der Waals surface area contributed by atoms with Crippen LogP contribution in [0.4, 0.5) is 5.69 Å². The van der Waals surface area contributed by atoms with Gasteiger partial charge in [0.25, 0.3) is 0 Å². The SMILES string of the molecule is Nc1ccc(-c2cnc(Cc3ccccc3)[nH]2)cc1. The predicted octanol–water partition coefficient (Wildman–Crippen LogP) is 3.25. The standard InChI is InChI=1S/C16H15N3/c17-14-8-6-13(7-9-14)15-11-18-16(19-15)10-12-4-2-1-3-5-12/h1-9,11H,10,17H2,(H,18,19). The summed E-state index contributed by atoms with van der Waals surface area (Å²) in [6.07, 6.45) is 2.68. The van der Waals surface area contributed by atoms with Crippen LogP contribution in [0.25, 0.3) is 11.3 Å². The van der Waals surface area contributed by atoms with Crippen molar-refractivity contribution in [3.63, 3.8) is 0 Å². The van der Waals surface area contributed by atoms with Crippen LogP contribution in [0, 0.1) is 0 Å². The molecule has 0 saturated carbocycles. The fourth-order valence-electron chi connectivity index (χ4n) is 2.05. The molecule has 3 aromatic rings. The maximum Gasteiger partial charge on any atom is 0.110 e. The third-order valence-corrected chi connectivity index (χ3v) is 3.06. The highest BCUT2D eigenvalue weighted by Crippen LogP contribution is 2.19. The summed E-state index contributed by atoms with van der Waals surface area (Å²) in [6, 6.07) is 18.1. The van der Waals surface area contributed by atoms with Gasteiger partial charge in [0.1, 0.15) is 5.82 Å². The Hall–Kier alpha value is -2.55. The lowest BCUT2D eigenvalue weighted by Crippen LogP contribution is -1.90. The molecule has 2 aromatic carbocycles. The number of hydrogen-bond acceptors (Lipinski definition) is 2. The number of benzene rings is 2. The van der Waals surface area contributed by atoms with Crippen molar-refractivity contribution >= 4 is 5.69 Å². The normalized spacial score (nSPS) is 10.5. The van der Waals surface area contributed by atoms with Crippen LogP contribution in [-0.4, -0.2) is 9.97 Å². The van der Waals surface area contributed by atoms with Gasteiger partial charge in [0, 0.05) is 12.1 Å². The molecule has 3 rings (SSSR count). The van der Waals surface area contributed by atoms with E-state index in [1.54, 1.807) is 0 Å². The number of aromatic amines is 1. The van der Waals surface area contributed by atoms with Crippen LogP contribution < -0.4 is 5.73 Å². The van der Waals surface area contributed by atoms with Crippen molar-refractivity contribution in [3.05, 3.63) is 72.2 Å². The Kier molecular flexibility index (Phi) is 3.02. The fourth-order valence-corrected chi connectivity index (χ4v) is 2.05. The second kappa shape index (κ2) is 4.98. The van der Waals surface area contributed by atoms with Crippen LogP contribution in [0.1, 0.15) is 11.4 Å². The van der Waals surface area contributed by atoms with Crippen LogP contribution >= 0.6 is 0 Å². The zero-order valence-electron chi connectivity index (χ0n) is 10.5. The number of nitrogen functional groups attached to an aromatic ring is 1. The van der Waals surface area contributed by atoms with Gasteiger partial charge in [0.15, 0.2) is 0 Å². The van der Waals surface area contributed by atoms with Gasteiger partial charge in [0.05, 0.1) is 11.9 Å². The highest BCUT2D eigenvalue weighted by Gasteiger charge is 2.03. The van der Waals surface area contributed by atoms with E-state index in [9.17, 15) is 0 Å². The van der Waals surface area contributed by atoms with Crippen LogP contribution in [0.15, 0.2) is 60.8 Å². The Bertz CT molecular complexity index is 654. The van der Waals surface area contributed by atoms with Gasteiger partial charge in [-0.25, -0.2) is 4.98 Å². The van der Waals surface area contributed by atoms with Gasteiger partial charge in [-0.3, -0.25) is 0 Å². The molecular weight excluding hydrogens is 234 g/mol. The summed E-state index contributed by atoms with van der Waals surface area (Å²) in [5.41, 5.74) is 9.83. The van der Waals surface area contributed by atoms with E-state index in [1.165, 1.54) is 5.56 Å². The van der Waals surface area contributed by atoms with E-state index in [-0.39, 0.29) is 0 Å². The largest absolute Gasteiger partial charge is 0.399 e. The number of imidazole rings is 1. The highest BCUT2D eigenvalue weighted by molar-refractivity contribution is 5.61. The van der Waals surface area contributed by atoms with Crippen molar-refractivity contribution < 1.29 is 0 Å². The summed E-state index contributed by atoms with van der Waals surface area (Å²) >= 11 is 0.